The first-order chi connectivity index (χ1) is 11.4. The van der Waals surface area contributed by atoms with E-state index in [0.717, 1.165) is 17.8 Å². The average Bonchev–Trinajstić information content (AvgIpc) is 2.58. The summed E-state index contributed by atoms with van der Waals surface area (Å²) < 4.78 is 22.8. The van der Waals surface area contributed by atoms with Crippen molar-refractivity contribution in [3.05, 3.63) is 60.2 Å². The van der Waals surface area contributed by atoms with Gasteiger partial charge >= 0.3 is 0 Å². The topological polar surface area (TPSA) is 66.5 Å². The number of carbonyl (C=O) groups excluding carboxylic acids is 1. The second-order valence-electron chi connectivity index (χ2n) is 5.54. The molecule has 2 rings (SSSR count). The molecule has 0 spiro atoms. The van der Waals surface area contributed by atoms with Crippen molar-refractivity contribution in [1.29, 1.82) is 0 Å². The smallest absolute Gasteiger partial charge is 0.239 e. The van der Waals surface area contributed by atoms with Crippen molar-refractivity contribution in [1.82, 2.24) is 5.32 Å². The maximum Gasteiger partial charge on any atom is 0.239 e. The Hall–Kier alpha value is -2.34. The number of rotatable bonds is 7. The fourth-order valence-corrected chi connectivity index (χ4v) is 2.94. The number of sulfone groups is 1. The number of hydrogen-bond acceptors (Lipinski definition) is 4. The van der Waals surface area contributed by atoms with Gasteiger partial charge < -0.3 is 10.2 Å². The third-order valence-electron chi connectivity index (χ3n) is 3.68. The first-order valence-electron chi connectivity index (χ1n) is 7.76. The maximum atomic E-state index is 12.1. The minimum atomic E-state index is -3.19. The Morgan fingerprint density at radius 1 is 1.04 bits per heavy atom. The van der Waals surface area contributed by atoms with Gasteiger partial charge in [-0.25, -0.2) is 8.42 Å². The van der Waals surface area contributed by atoms with Gasteiger partial charge in [-0.15, -0.1) is 0 Å². The minimum Gasteiger partial charge on any atom is -0.363 e. The molecule has 0 bridgehead atoms. The summed E-state index contributed by atoms with van der Waals surface area (Å²) >= 11 is 0. The molecule has 2 aromatic carbocycles. The molecule has 0 atom stereocenters. The Balaban J connectivity index is 1.91. The van der Waals surface area contributed by atoms with Crippen LogP contribution in [-0.2, 0) is 21.2 Å². The van der Waals surface area contributed by atoms with Gasteiger partial charge in [0.2, 0.25) is 5.91 Å². The largest absolute Gasteiger partial charge is 0.363 e. The monoisotopic (exact) mass is 346 g/mol. The third-order valence-corrected chi connectivity index (χ3v) is 4.81. The lowest BCUT2D eigenvalue weighted by molar-refractivity contribution is -0.119. The molecule has 24 heavy (non-hydrogen) atoms. The van der Waals surface area contributed by atoms with E-state index in [9.17, 15) is 13.2 Å². The number of anilines is 1. The van der Waals surface area contributed by atoms with Crippen LogP contribution in [0.1, 0.15) is 12.5 Å². The van der Waals surface area contributed by atoms with E-state index in [1.165, 1.54) is 6.26 Å². The van der Waals surface area contributed by atoms with Crippen LogP contribution in [0.3, 0.4) is 0 Å². The van der Waals surface area contributed by atoms with Crippen LogP contribution < -0.4 is 10.2 Å². The number of nitrogens with zero attached hydrogens (tertiary/aromatic N) is 1. The molecule has 1 N–H and O–H groups in total. The Morgan fingerprint density at radius 2 is 1.67 bits per heavy atom. The fraction of sp³-hybridized carbons (Fsp3) is 0.278. The molecular weight excluding hydrogens is 324 g/mol. The minimum absolute atomic E-state index is 0.0760. The third kappa shape index (κ3) is 5.09. The van der Waals surface area contributed by atoms with Crippen molar-refractivity contribution < 1.29 is 13.2 Å². The van der Waals surface area contributed by atoms with Gasteiger partial charge in [0.25, 0.3) is 0 Å². The molecule has 6 heteroatoms. The summed E-state index contributed by atoms with van der Waals surface area (Å²) in [5, 5.41) is 2.86. The van der Waals surface area contributed by atoms with Gasteiger partial charge in [0.1, 0.15) is 0 Å². The number of likely N-dealkylation sites (N-methyl/N-ethyl adjacent to an activating group) is 1. The number of hydrogen-bond donors (Lipinski definition) is 1. The predicted molar refractivity (Wildman–Crippen MR) is 95.7 cm³/mol. The molecule has 2 aromatic rings. The Kier molecular flexibility index (Phi) is 5.98. The second-order valence-corrected chi connectivity index (χ2v) is 7.56. The van der Waals surface area contributed by atoms with Gasteiger partial charge in [-0.3, -0.25) is 4.79 Å². The summed E-state index contributed by atoms with van der Waals surface area (Å²) in [5.74, 6) is -0.0760. The van der Waals surface area contributed by atoms with Crippen LogP contribution in [0.25, 0.3) is 0 Å². The zero-order chi connectivity index (χ0) is 17.6. The molecule has 0 saturated heterocycles. The summed E-state index contributed by atoms with van der Waals surface area (Å²) in [6, 6.07) is 16.3. The molecule has 0 aliphatic heterocycles. The van der Waals surface area contributed by atoms with Crippen LogP contribution >= 0.6 is 0 Å². The lowest BCUT2D eigenvalue weighted by Gasteiger charge is -2.22. The molecule has 5 nitrogen and oxygen atoms in total. The summed E-state index contributed by atoms with van der Waals surface area (Å²) in [5.41, 5.74) is 1.87. The Morgan fingerprint density at radius 3 is 2.21 bits per heavy atom. The van der Waals surface area contributed by atoms with Gasteiger partial charge in [0.15, 0.2) is 9.84 Å². The second kappa shape index (κ2) is 7.97. The van der Waals surface area contributed by atoms with Crippen LogP contribution in [0.5, 0.6) is 0 Å². The molecule has 0 saturated carbocycles. The lowest BCUT2D eigenvalue weighted by atomic mass is 10.2. The number of amides is 1. The molecule has 0 aliphatic rings. The summed E-state index contributed by atoms with van der Waals surface area (Å²) in [7, 11) is -3.19. The van der Waals surface area contributed by atoms with Crippen molar-refractivity contribution in [2.45, 2.75) is 18.4 Å². The first-order valence-corrected chi connectivity index (χ1v) is 9.65. The van der Waals surface area contributed by atoms with Crippen LogP contribution in [0.4, 0.5) is 5.69 Å². The molecule has 0 radical (unpaired) electrons. The zero-order valence-electron chi connectivity index (χ0n) is 13.9. The van der Waals surface area contributed by atoms with E-state index in [2.05, 4.69) is 5.32 Å². The predicted octanol–water partition coefficient (Wildman–Crippen LogP) is 2.23. The molecule has 0 aromatic heterocycles. The van der Waals surface area contributed by atoms with Gasteiger partial charge in [-0.05, 0) is 36.8 Å². The highest BCUT2D eigenvalue weighted by Gasteiger charge is 2.10. The maximum absolute atomic E-state index is 12.1. The van der Waals surface area contributed by atoms with E-state index in [1.54, 1.807) is 24.3 Å². The van der Waals surface area contributed by atoms with Crippen molar-refractivity contribution in [3.63, 3.8) is 0 Å². The van der Waals surface area contributed by atoms with Gasteiger partial charge in [-0.1, -0.05) is 30.3 Å². The van der Waals surface area contributed by atoms with Gasteiger partial charge in [-0.2, -0.15) is 0 Å². The molecule has 1 amide bonds. The highest BCUT2D eigenvalue weighted by molar-refractivity contribution is 7.90. The van der Waals surface area contributed by atoms with Crippen molar-refractivity contribution in [3.8, 4) is 0 Å². The summed E-state index contributed by atoms with van der Waals surface area (Å²) in [4.78, 5) is 14.4. The zero-order valence-corrected chi connectivity index (χ0v) is 14.7. The summed E-state index contributed by atoms with van der Waals surface area (Å²) in [6.45, 7) is 3.39. The lowest BCUT2D eigenvalue weighted by Crippen LogP contribution is -2.36. The molecule has 0 aliphatic carbocycles. The molecule has 0 heterocycles. The van der Waals surface area contributed by atoms with Crippen LogP contribution in [0.15, 0.2) is 59.5 Å². The van der Waals surface area contributed by atoms with Crippen molar-refractivity contribution >= 4 is 21.4 Å². The quantitative estimate of drug-likeness (QED) is 0.835. The molecular formula is C18H22N2O3S. The number of benzene rings is 2. The average molecular weight is 346 g/mol. The molecule has 0 unspecified atom stereocenters. The van der Waals surface area contributed by atoms with Gasteiger partial charge in [0.05, 0.1) is 11.4 Å². The van der Waals surface area contributed by atoms with E-state index in [1.807, 2.05) is 42.2 Å². The fourth-order valence-electron chi connectivity index (χ4n) is 2.31. The van der Waals surface area contributed by atoms with E-state index >= 15 is 0 Å². The van der Waals surface area contributed by atoms with Gasteiger partial charge in [0, 0.05) is 25.0 Å². The molecule has 128 valence electrons. The van der Waals surface area contributed by atoms with E-state index in [-0.39, 0.29) is 17.3 Å². The Bertz CT molecular complexity index is 772. The van der Waals surface area contributed by atoms with Crippen LogP contribution in [-0.4, -0.2) is 33.7 Å². The first kappa shape index (κ1) is 18.0. The summed E-state index contributed by atoms with van der Waals surface area (Å²) in [6.07, 6.45) is 1.17. The standard InChI is InChI=1S/C18H22N2O3S/c1-3-20(16-7-5-4-6-8-16)14-18(21)19-13-15-9-11-17(12-10-15)24(2,22)23/h4-12H,3,13-14H2,1-2H3,(H,19,21). The Labute approximate surface area is 143 Å². The highest BCUT2D eigenvalue weighted by atomic mass is 32.2. The van der Waals surface area contributed by atoms with E-state index in [0.29, 0.717) is 6.54 Å². The van der Waals surface area contributed by atoms with Crippen LogP contribution in [0, 0.1) is 0 Å². The number of carbonyl (C=O) groups is 1. The SMILES string of the molecule is CCN(CC(=O)NCc1ccc(S(C)(=O)=O)cc1)c1ccccc1. The van der Waals surface area contributed by atoms with Crippen LogP contribution in [0.2, 0.25) is 0 Å². The van der Waals surface area contributed by atoms with Crippen molar-refractivity contribution in [2.75, 3.05) is 24.2 Å². The normalized spacial score (nSPS) is 11.1. The van der Waals surface area contributed by atoms with E-state index < -0.39 is 9.84 Å². The highest BCUT2D eigenvalue weighted by Crippen LogP contribution is 2.12. The molecule has 0 fully saturated rings. The van der Waals surface area contributed by atoms with E-state index in [4.69, 9.17) is 0 Å². The van der Waals surface area contributed by atoms with Crippen molar-refractivity contribution in [2.24, 2.45) is 0 Å². The number of nitrogens with one attached hydrogen (secondary N) is 1. The number of para-hydroxylation sites is 1.